The minimum absolute atomic E-state index is 0.00107. The summed E-state index contributed by atoms with van der Waals surface area (Å²) < 4.78 is 0. The van der Waals surface area contributed by atoms with Gasteiger partial charge in [0.15, 0.2) is 0 Å². The number of aromatic hydroxyl groups is 1. The van der Waals surface area contributed by atoms with Crippen molar-refractivity contribution in [3.05, 3.63) is 59.9 Å². The van der Waals surface area contributed by atoms with Crippen molar-refractivity contribution in [2.45, 2.75) is 0 Å². The average molecular weight is 460 g/mol. The predicted molar refractivity (Wildman–Crippen MR) is 130 cm³/mol. The van der Waals surface area contributed by atoms with Gasteiger partial charge < -0.3 is 20.6 Å². The van der Waals surface area contributed by atoms with Gasteiger partial charge in [-0.25, -0.2) is 9.97 Å². The number of nitrogens with zero attached hydrogens (tertiary/aromatic N) is 3. The molecule has 0 radical (unpaired) electrons. The van der Waals surface area contributed by atoms with Crippen molar-refractivity contribution in [1.82, 2.24) is 14.9 Å². The quantitative estimate of drug-likeness (QED) is 0.310. The van der Waals surface area contributed by atoms with Crippen LogP contribution in [0, 0.1) is 29.6 Å². The number of aromatic nitrogens is 2. The number of carbonyl (C=O) groups excluding carboxylic acids is 1. The number of carbonyl (C=O) groups is 1. The second-order valence-electron chi connectivity index (χ2n) is 8.47. The van der Waals surface area contributed by atoms with E-state index in [0.717, 1.165) is 13.1 Å². The van der Waals surface area contributed by atoms with E-state index < -0.39 is 0 Å². The highest BCUT2D eigenvalue weighted by atomic mass is 35.5. The van der Waals surface area contributed by atoms with Crippen molar-refractivity contribution in [2.75, 3.05) is 30.8 Å². The molecule has 8 heteroatoms. The molecule has 1 saturated carbocycles. The van der Waals surface area contributed by atoms with Gasteiger partial charge in [-0.05, 0) is 55.3 Å². The molecule has 3 N–H and O–H groups in total. The Balaban J connectivity index is 1.51. The number of anilines is 3. The number of hydrogen-bond donors (Lipinski definition) is 3. The maximum atomic E-state index is 12.1. The van der Waals surface area contributed by atoms with Crippen LogP contribution in [0.25, 0.3) is 10.9 Å². The van der Waals surface area contributed by atoms with Crippen LogP contribution in [0.4, 0.5) is 17.2 Å². The second-order valence-corrected chi connectivity index (χ2v) is 8.87. The number of fused-ring (bicyclic) bond motifs is 2. The van der Waals surface area contributed by atoms with Gasteiger partial charge in [0.1, 0.15) is 17.9 Å². The predicted octanol–water partition coefficient (Wildman–Crippen LogP) is 4.02. The zero-order valence-corrected chi connectivity index (χ0v) is 18.7. The first kappa shape index (κ1) is 21.3. The molecule has 7 nitrogen and oxygen atoms in total. The number of halogens is 1. The van der Waals surface area contributed by atoms with Crippen molar-refractivity contribution in [1.29, 1.82) is 0 Å². The van der Waals surface area contributed by atoms with Crippen LogP contribution < -0.4 is 10.6 Å². The minimum atomic E-state index is -0.320. The molecule has 0 spiro atoms. The van der Waals surface area contributed by atoms with Gasteiger partial charge in [-0.2, -0.15) is 0 Å². The van der Waals surface area contributed by atoms with Crippen molar-refractivity contribution in [2.24, 2.45) is 17.8 Å². The highest BCUT2D eigenvalue weighted by Gasteiger charge is 2.53. The first-order chi connectivity index (χ1) is 15.9. The van der Waals surface area contributed by atoms with Crippen LogP contribution in [0.3, 0.4) is 0 Å². The van der Waals surface area contributed by atoms with Crippen LogP contribution in [0.1, 0.15) is 5.56 Å². The molecule has 1 aromatic heterocycles. The smallest absolute Gasteiger partial charge is 0.247 e. The number of benzene rings is 2. The summed E-state index contributed by atoms with van der Waals surface area (Å²) in [6.45, 7) is 5.72. The van der Waals surface area contributed by atoms with Crippen LogP contribution >= 0.6 is 11.6 Å². The molecule has 33 heavy (non-hydrogen) atoms. The molecule has 1 unspecified atom stereocenters. The van der Waals surface area contributed by atoms with Crippen molar-refractivity contribution in [3.63, 3.8) is 0 Å². The van der Waals surface area contributed by atoms with E-state index in [-0.39, 0.29) is 16.7 Å². The van der Waals surface area contributed by atoms with E-state index in [2.05, 4.69) is 51.0 Å². The molecule has 5 rings (SSSR count). The fourth-order valence-corrected chi connectivity index (χ4v) is 4.61. The Bertz CT molecular complexity index is 1330. The number of likely N-dealkylation sites (tertiary alicyclic amines) is 1. The molecule has 3 aromatic rings. The number of phenolic OH excluding ortho intramolecular Hbond substituents is 1. The van der Waals surface area contributed by atoms with Crippen molar-refractivity contribution in [3.8, 4) is 17.6 Å². The summed E-state index contributed by atoms with van der Waals surface area (Å²) in [5.41, 5.74) is 2.62. The average Bonchev–Trinajstić information content (AvgIpc) is 3.26. The Morgan fingerprint density at radius 3 is 2.79 bits per heavy atom. The minimum Gasteiger partial charge on any atom is -0.506 e. The fourth-order valence-electron chi connectivity index (χ4n) is 4.43. The maximum Gasteiger partial charge on any atom is 0.247 e. The van der Waals surface area contributed by atoms with Crippen molar-refractivity contribution < 1.29 is 9.90 Å². The Kier molecular flexibility index (Phi) is 5.41. The molecule has 2 aromatic carbocycles. The summed E-state index contributed by atoms with van der Waals surface area (Å²) >= 11 is 6.03. The topological polar surface area (TPSA) is 90.4 Å². The number of nitrogens with one attached hydrogen (secondary N) is 2. The van der Waals surface area contributed by atoms with E-state index in [1.165, 1.54) is 18.5 Å². The van der Waals surface area contributed by atoms with E-state index in [0.29, 0.717) is 51.4 Å². The third-order valence-corrected chi connectivity index (χ3v) is 6.48. The lowest BCUT2D eigenvalue weighted by Gasteiger charge is -2.12. The summed E-state index contributed by atoms with van der Waals surface area (Å²) in [5.74, 6) is 8.59. The van der Waals surface area contributed by atoms with Gasteiger partial charge in [0.2, 0.25) is 5.91 Å². The SMILES string of the molecule is C=CC(=O)Nc1cc2c(Nc3ccc(O)c(Cl)c3)ncnc2cc1C#CC1[C@H]2CN(C)C[C@@H]12. The first-order valence-electron chi connectivity index (χ1n) is 10.6. The van der Waals surface area contributed by atoms with E-state index in [1.54, 1.807) is 12.1 Å². The summed E-state index contributed by atoms with van der Waals surface area (Å²) in [5, 5.41) is 16.7. The first-order valence-corrected chi connectivity index (χ1v) is 11.0. The van der Waals surface area contributed by atoms with Crippen LogP contribution in [-0.2, 0) is 4.79 Å². The lowest BCUT2D eigenvalue weighted by Crippen LogP contribution is -2.18. The molecular weight excluding hydrogens is 438 g/mol. The third kappa shape index (κ3) is 4.23. The van der Waals surface area contributed by atoms with Crippen LogP contribution in [0.5, 0.6) is 5.75 Å². The van der Waals surface area contributed by atoms with Gasteiger partial charge in [-0.1, -0.05) is 30.0 Å². The molecule has 1 aliphatic heterocycles. The van der Waals surface area contributed by atoms with Gasteiger partial charge in [0.25, 0.3) is 0 Å². The monoisotopic (exact) mass is 459 g/mol. The Morgan fingerprint density at radius 2 is 2.06 bits per heavy atom. The highest BCUT2D eigenvalue weighted by Crippen LogP contribution is 2.50. The molecular formula is C25H22ClN5O2. The Hall–Kier alpha value is -3.60. The van der Waals surface area contributed by atoms with Gasteiger partial charge in [-0.3, -0.25) is 4.79 Å². The largest absolute Gasteiger partial charge is 0.506 e. The zero-order valence-electron chi connectivity index (χ0n) is 18.0. The van der Waals surface area contributed by atoms with Gasteiger partial charge in [0, 0.05) is 30.1 Å². The lowest BCUT2D eigenvalue weighted by molar-refractivity contribution is -0.111. The summed E-state index contributed by atoms with van der Waals surface area (Å²) in [6.07, 6.45) is 2.69. The lowest BCUT2D eigenvalue weighted by atomic mass is 10.1. The second kappa shape index (κ2) is 8.39. The van der Waals surface area contributed by atoms with Gasteiger partial charge in [0.05, 0.1) is 21.8 Å². The van der Waals surface area contributed by atoms with E-state index >= 15 is 0 Å². The summed E-state index contributed by atoms with van der Waals surface area (Å²) in [4.78, 5) is 23.2. The zero-order chi connectivity index (χ0) is 23.1. The third-order valence-electron chi connectivity index (χ3n) is 6.18. The Labute approximate surface area is 196 Å². The van der Waals surface area contributed by atoms with Crippen LogP contribution in [0.2, 0.25) is 5.02 Å². The van der Waals surface area contributed by atoms with E-state index in [9.17, 15) is 9.90 Å². The molecule has 2 aliphatic rings. The standard InChI is InChI=1S/C25H22ClN5O2/c1-3-24(33)30-21-10-17-22(8-14(21)4-6-16-18-11-31(2)12-19(16)18)27-13-28-25(17)29-15-5-7-23(32)20(26)9-15/h3,5,7-10,13,16,18-19,32H,1,11-12H2,2H3,(H,30,33)(H,27,28,29)/t16?,18-,19+. The highest BCUT2D eigenvalue weighted by molar-refractivity contribution is 6.32. The van der Waals surface area contributed by atoms with E-state index in [1.807, 2.05) is 12.1 Å². The van der Waals surface area contributed by atoms with Crippen LogP contribution in [-0.4, -0.2) is 46.0 Å². The normalized spacial score (nSPS) is 21.1. The van der Waals surface area contributed by atoms with Crippen molar-refractivity contribution >= 4 is 45.6 Å². The molecule has 1 aliphatic carbocycles. The molecule has 0 bridgehead atoms. The van der Waals surface area contributed by atoms with Gasteiger partial charge >= 0.3 is 0 Å². The number of piperidine rings is 1. The molecule has 3 atom stereocenters. The maximum absolute atomic E-state index is 12.1. The number of rotatable bonds is 4. The van der Waals surface area contributed by atoms with Gasteiger partial charge in [-0.15, -0.1) is 0 Å². The number of amides is 1. The molecule has 2 fully saturated rings. The fraction of sp³-hybridized carbons (Fsp3) is 0.240. The molecule has 1 amide bonds. The Morgan fingerprint density at radius 1 is 1.27 bits per heavy atom. The number of phenols is 1. The number of hydrogen-bond acceptors (Lipinski definition) is 6. The van der Waals surface area contributed by atoms with E-state index in [4.69, 9.17) is 11.6 Å². The van der Waals surface area contributed by atoms with Crippen LogP contribution in [0.15, 0.2) is 49.3 Å². The molecule has 1 saturated heterocycles. The summed E-state index contributed by atoms with van der Waals surface area (Å²) in [7, 11) is 2.14. The summed E-state index contributed by atoms with van der Waals surface area (Å²) in [6, 6.07) is 8.48. The molecule has 2 heterocycles. The molecule has 166 valence electrons.